The fourth-order valence-electron chi connectivity index (χ4n) is 3.53. The number of hydrogen-bond acceptors (Lipinski definition) is 3. The van der Waals surface area contributed by atoms with E-state index in [4.69, 9.17) is 27.9 Å². The fraction of sp³-hybridized carbons (Fsp3) is 0.429. The van der Waals surface area contributed by atoms with E-state index >= 15 is 0 Å². The van der Waals surface area contributed by atoms with Crippen LogP contribution in [0.4, 0.5) is 5.69 Å². The molecule has 0 aromatic heterocycles. The summed E-state index contributed by atoms with van der Waals surface area (Å²) in [5.41, 5.74) is 3.15. The molecule has 2 aromatic rings. The van der Waals surface area contributed by atoms with Gasteiger partial charge in [0.15, 0.2) is 0 Å². The van der Waals surface area contributed by atoms with Gasteiger partial charge in [-0.15, -0.1) is 0 Å². The summed E-state index contributed by atoms with van der Waals surface area (Å²) in [7, 11) is 0. The third-order valence-corrected chi connectivity index (χ3v) is 5.85. The van der Waals surface area contributed by atoms with E-state index < -0.39 is 6.10 Å². The fourth-order valence-corrected chi connectivity index (χ4v) is 3.83. The maximum absolute atomic E-state index is 10.4. The van der Waals surface area contributed by atoms with Crippen LogP contribution in [0.15, 0.2) is 36.4 Å². The lowest BCUT2D eigenvalue weighted by molar-refractivity contribution is -0.903. The molecule has 3 rings (SSSR count). The Morgan fingerprint density at radius 2 is 1.78 bits per heavy atom. The Morgan fingerprint density at radius 1 is 1.11 bits per heavy atom. The van der Waals surface area contributed by atoms with Gasteiger partial charge in [0.2, 0.25) is 0 Å². The number of aliphatic hydroxyl groups excluding tert-OH is 1. The Labute approximate surface area is 171 Å². The van der Waals surface area contributed by atoms with Gasteiger partial charge in [-0.05, 0) is 55.3 Å². The summed E-state index contributed by atoms with van der Waals surface area (Å²) < 4.78 is 5.78. The van der Waals surface area contributed by atoms with Gasteiger partial charge in [-0.3, -0.25) is 0 Å². The normalized spacial score (nSPS) is 16.4. The summed E-state index contributed by atoms with van der Waals surface area (Å²) in [6, 6.07) is 11.8. The molecule has 0 bridgehead atoms. The molecule has 4 nitrogen and oxygen atoms in total. The molecule has 0 radical (unpaired) electrons. The number of nitrogens with zero attached hydrogens (tertiary/aromatic N) is 1. The zero-order valence-corrected chi connectivity index (χ0v) is 17.4. The molecule has 146 valence electrons. The molecule has 0 saturated carbocycles. The monoisotopic (exact) mass is 409 g/mol. The number of benzene rings is 2. The van der Waals surface area contributed by atoms with Crippen molar-refractivity contribution in [1.29, 1.82) is 0 Å². The Balaban J connectivity index is 1.45. The van der Waals surface area contributed by atoms with Crippen molar-refractivity contribution in [1.82, 2.24) is 0 Å². The molecule has 1 fully saturated rings. The SMILES string of the molecule is Cc1cc(OC[C@@H](O)C[NH+]2CCN(c3cccc(Cl)c3)CC2)cc(C)c1Cl. The molecule has 0 spiro atoms. The van der Waals surface area contributed by atoms with Crippen LogP contribution in [0.5, 0.6) is 5.75 Å². The van der Waals surface area contributed by atoms with Gasteiger partial charge in [0.25, 0.3) is 0 Å². The highest BCUT2D eigenvalue weighted by atomic mass is 35.5. The van der Waals surface area contributed by atoms with Crippen LogP contribution in [0.25, 0.3) is 0 Å². The summed E-state index contributed by atoms with van der Waals surface area (Å²) in [6.07, 6.45) is -0.492. The third-order valence-electron chi connectivity index (χ3n) is 5.02. The Hall–Kier alpha value is -1.46. The summed E-state index contributed by atoms with van der Waals surface area (Å²) in [6.45, 7) is 8.80. The van der Waals surface area contributed by atoms with Crippen LogP contribution in [0.3, 0.4) is 0 Å². The number of aliphatic hydroxyl groups is 1. The number of ether oxygens (including phenoxy) is 1. The second-order valence-electron chi connectivity index (χ2n) is 7.26. The summed E-state index contributed by atoms with van der Waals surface area (Å²) in [4.78, 5) is 3.74. The zero-order chi connectivity index (χ0) is 19.4. The minimum absolute atomic E-state index is 0.294. The number of quaternary nitrogens is 1. The number of halogens is 2. The van der Waals surface area contributed by atoms with E-state index in [2.05, 4.69) is 11.0 Å². The number of hydrogen-bond donors (Lipinski definition) is 2. The molecule has 0 amide bonds. The van der Waals surface area contributed by atoms with Crippen molar-refractivity contribution in [2.24, 2.45) is 0 Å². The standard InChI is InChI=1S/C21H26Cl2N2O2/c1-15-10-20(11-16(2)21(15)23)27-14-19(26)13-24-6-8-25(9-7-24)18-5-3-4-17(22)12-18/h3-5,10-12,19,26H,6-9,13-14H2,1-2H3/p+1/t19-/m0/s1. The molecule has 27 heavy (non-hydrogen) atoms. The van der Waals surface area contributed by atoms with Gasteiger partial charge in [0, 0.05) is 15.7 Å². The first-order valence-corrected chi connectivity index (χ1v) is 10.1. The zero-order valence-electron chi connectivity index (χ0n) is 15.8. The topological polar surface area (TPSA) is 37.1 Å². The van der Waals surface area contributed by atoms with Crippen LogP contribution in [-0.4, -0.2) is 50.5 Å². The predicted molar refractivity (Wildman–Crippen MR) is 112 cm³/mol. The lowest BCUT2D eigenvalue weighted by Crippen LogP contribution is -3.16. The second-order valence-corrected chi connectivity index (χ2v) is 8.07. The van der Waals surface area contributed by atoms with Gasteiger partial charge in [0.1, 0.15) is 25.0 Å². The minimum atomic E-state index is -0.492. The van der Waals surface area contributed by atoms with Gasteiger partial charge >= 0.3 is 0 Å². The molecule has 1 saturated heterocycles. The van der Waals surface area contributed by atoms with E-state index in [1.165, 1.54) is 10.6 Å². The number of aryl methyl sites for hydroxylation is 2. The maximum Gasteiger partial charge on any atom is 0.137 e. The van der Waals surface area contributed by atoms with E-state index in [1.54, 1.807) is 0 Å². The van der Waals surface area contributed by atoms with Crippen molar-refractivity contribution in [2.75, 3.05) is 44.2 Å². The van der Waals surface area contributed by atoms with Gasteiger partial charge in [0.05, 0.1) is 26.2 Å². The molecule has 6 heteroatoms. The van der Waals surface area contributed by atoms with Crippen molar-refractivity contribution in [3.63, 3.8) is 0 Å². The molecule has 1 atom stereocenters. The van der Waals surface area contributed by atoms with E-state index in [9.17, 15) is 5.11 Å². The van der Waals surface area contributed by atoms with Gasteiger partial charge in [-0.1, -0.05) is 29.3 Å². The molecule has 1 aliphatic rings. The van der Waals surface area contributed by atoms with Crippen LogP contribution >= 0.6 is 23.2 Å². The smallest absolute Gasteiger partial charge is 0.137 e. The van der Waals surface area contributed by atoms with Crippen molar-refractivity contribution in [2.45, 2.75) is 20.0 Å². The highest BCUT2D eigenvalue weighted by molar-refractivity contribution is 6.32. The van der Waals surface area contributed by atoms with E-state index in [1.807, 2.05) is 44.2 Å². The second kappa shape index (κ2) is 9.16. The number of nitrogens with one attached hydrogen (secondary N) is 1. The average Bonchev–Trinajstić information content (AvgIpc) is 2.65. The minimum Gasteiger partial charge on any atom is -0.491 e. The summed E-state index contributed by atoms with van der Waals surface area (Å²) in [5, 5.41) is 11.9. The Morgan fingerprint density at radius 3 is 2.41 bits per heavy atom. The molecule has 2 N–H and O–H groups in total. The number of piperazine rings is 1. The van der Waals surface area contributed by atoms with Crippen LogP contribution in [-0.2, 0) is 0 Å². The highest BCUT2D eigenvalue weighted by Crippen LogP contribution is 2.25. The van der Waals surface area contributed by atoms with Crippen LogP contribution in [0.1, 0.15) is 11.1 Å². The molecule has 2 aromatic carbocycles. The van der Waals surface area contributed by atoms with E-state index in [-0.39, 0.29) is 0 Å². The molecule has 1 aliphatic heterocycles. The molecular weight excluding hydrogens is 383 g/mol. The van der Waals surface area contributed by atoms with Crippen LogP contribution < -0.4 is 14.5 Å². The van der Waals surface area contributed by atoms with Crippen molar-refractivity contribution < 1.29 is 14.7 Å². The predicted octanol–water partition coefficient (Wildman–Crippen LogP) is 2.76. The van der Waals surface area contributed by atoms with E-state index in [0.717, 1.165) is 53.1 Å². The van der Waals surface area contributed by atoms with Gasteiger partial charge in [-0.25, -0.2) is 0 Å². The highest BCUT2D eigenvalue weighted by Gasteiger charge is 2.23. The quantitative estimate of drug-likeness (QED) is 0.769. The summed E-state index contributed by atoms with van der Waals surface area (Å²) >= 11 is 12.3. The van der Waals surface area contributed by atoms with Gasteiger partial charge < -0.3 is 19.6 Å². The average molecular weight is 410 g/mol. The number of rotatable bonds is 6. The van der Waals surface area contributed by atoms with Crippen molar-refractivity contribution in [3.8, 4) is 5.75 Å². The first-order chi connectivity index (χ1) is 12.9. The molecule has 0 unspecified atom stereocenters. The Kier molecular flexibility index (Phi) is 6.88. The number of anilines is 1. The summed E-state index contributed by atoms with van der Waals surface area (Å²) in [5.74, 6) is 0.759. The first-order valence-electron chi connectivity index (χ1n) is 9.34. The van der Waals surface area contributed by atoms with E-state index in [0.29, 0.717) is 13.2 Å². The first kappa shape index (κ1) is 20.3. The lowest BCUT2D eigenvalue weighted by Gasteiger charge is -2.34. The molecular formula is C21H27Cl2N2O2+. The maximum atomic E-state index is 10.4. The third kappa shape index (κ3) is 5.52. The molecule has 1 heterocycles. The largest absolute Gasteiger partial charge is 0.491 e. The van der Waals surface area contributed by atoms with Gasteiger partial charge in [-0.2, -0.15) is 0 Å². The van der Waals surface area contributed by atoms with Crippen LogP contribution in [0.2, 0.25) is 10.0 Å². The van der Waals surface area contributed by atoms with Crippen molar-refractivity contribution in [3.05, 3.63) is 57.6 Å². The van der Waals surface area contributed by atoms with Crippen molar-refractivity contribution >= 4 is 28.9 Å². The Bertz CT molecular complexity index is 754. The molecule has 0 aliphatic carbocycles. The van der Waals surface area contributed by atoms with Crippen LogP contribution in [0, 0.1) is 13.8 Å². The lowest BCUT2D eigenvalue weighted by atomic mass is 10.1.